The van der Waals surface area contributed by atoms with Crippen molar-refractivity contribution in [1.29, 1.82) is 0 Å². The maximum atomic E-state index is 6.90. The third kappa shape index (κ3) is 3.54. The number of aromatic amines is 1. The fourth-order valence-corrected chi connectivity index (χ4v) is 4.42. The summed E-state index contributed by atoms with van der Waals surface area (Å²) in [6, 6.07) is 13.7. The Balaban J connectivity index is 1.62. The Morgan fingerprint density at radius 1 is 1.23 bits per heavy atom. The molecule has 0 radical (unpaired) electrons. The summed E-state index contributed by atoms with van der Waals surface area (Å²) < 4.78 is 5.74. The summed E-state index contributed by atoms with van der Waals surface area (Å²) in [4.78, 5) is 10.4. The third-order valence-electron chi connectivity index (χ3n) is 5.87. The molecule has 0 fully saturated rings. The number of nitrogens with zero attached hydrogens (tertiary/aromatic N) is 2. The monoisotopic (exact) mass is 436 g/mol. The average Bonchev–Trinajstić information content (AvgIpc) is 3.22. The number of para-hydroxylation sites is 1. The van der Waals surface area contributed by atoms with Crippen LogP contribution in [-0.2, 0) is 18.8 Å². The van der Waals surface area contributed by atoms with E-state index in [9.17, 15) is 0 Å². The molecule has 7 nitrogen and oxygen atoms in total. The summed E-state index contributed by atoms with van der Waals surface area (Å²) in [5, 5.41) is 7.32. The van der Waals surface area contributed by atoms with E-state index in [2.05, 4.69) is 39.7 Å². The van der Waals surface area contributed by atoms with Crippen molar-refractivity contribution < 1.29 is 4.74 Å². The highest BCUT2D eigenvalue weighted by molar-refractivity contribution is 6.34. The van der Waals surface area contributed by atoms with Gasteiger partial charge in [-0.1, -0.05) is 23.7 Å². The summed E-state index contributed by atoms with van der Waals surface area (Å²) in [5.41, 5.74) is 11.9. The molecule has 2 aliphatic heterocycles. The molecule has 3 heterocycles. The summed E-state index contributed by atoms with van der Waals surface area (Å²) in [7, 11) is 3.79. The SMILES string of the molecule is COc1cc2c(cc1C1(N)N=C(Nc3ccccc3Cl)c3cc[nH]c3N1)CN(C)CC2. The number of aromatic nitrogens is 1. The molecule has 1 unspecified atom stereocenters. The Morgan fingerprint density at radius 2 is 2.06 bits per heavy atom. The van der Waals surface area contributed by atoms with Crippen molar-refractivity contribution in [3.05, 3.63) is 75.9 Å². The predicted octanol–water partition coefficient (Wildman–Crippen LogP) is 3.72. The number of nitrogens with one attached hydrogen (secondary N) is 3. The Morgan fingerprint density at radius 3 is 2.87 bits per heavy atom. The number of ether oxygens (including phenoxy) is 1. The minimum atomic E-state index is -1.22. The molecule has 0 aliphatic carbocycles. The van der Waals surface area contributed by atoms with Crippen molar-refractivity contribution in [2.24, 2.45) is 10.7 Å². The standard InChI is InChI=1S/C23H25ClN6O/c1-30-10-8-14-12-20(31-2)17(11-15(14)13-30)23(25)28-21-16(7-9-26-21)22(29-23)27-19-6-4-3-5-18(19)24/h3-7,9,11-12,26,28H,8,10,13,25H2,1-2H3,(H,27,29). The van der Waals surface area contributed by atoms with E-state index in [1.54, 1.807) is 7.11 Å². The Hall–Kier alpha value is -3.00. The highest BCUT2D eigenvalue weighted by atomic mass is 35.5. The minimum absolute atomic E-state index is 0.609. The molecule has 0 bridgehead atoms. The number of methoxy groups -OCH3 is 1. The van der Waals surface area contributed by atoms with Gasteiger partial charge in [-0.25, -0.2) is 4.99 Å². The van der Waals surface area contributed by atoms with Gasteiger partial charge in [0.1, 0.15) is 17.4 Å². The van der Waals surface area contributed by atoms with Crippen LogP contribution in [0.3, 0.4) is 0 Å². The van der Waals surface area contributed by atoms with Gasteiger partial charge in [-0.3, -0.25) is 5.73 Å². The van der Waals surface area contributed by atoms with Crippen LogP contribution in [0.2, 0.25) is 5.02 Å². The van der Waals surface area contributed by atoms with Crippen molar-refractivity contribution in [2.45, 2.75) is 18.8 Å². The molecule has 5 rings (SSSR count). The third-order valence-corrected chi connectivity index (χ3v) is 6.20. The molecule has 2 aliphatic rings. The first-order chi connectivity index (χ1) is 15.0. The summed E-state index contributed by atoms with van der Waals surface area (Å²) in [6.07, 6.45) is 2.84. The second kappa shape index (κ2) is 7.60. The van der Waals surface area contributed by atoms with Crippen LogP contribution in [0, 0.1) is 0 Å². The summed E-state index contributed by atoms with van der Waals surface area (Å²) >= 11 is 6.38. The Labute approximate surface area is 186 Å². The van der Waals surface area contributed by atoms with Gasteiger partial charge in [-0.05, 0) is 54.9 Å². The molecule has 1 aromatic heterocycles. The zero-order valence-corrected chi connectivity index (χ0v) is 18.3. The molecular formula is C23H25ClN6O. The van der Waals surface area contributed by atoms with Crippen molar-refractivity contribution in [1.82, 2.24) is 9.88 Å². The number of anilines is 2. The number of benzene rings is 2. The lowest BCUT2D eigenvalue weighted by Gasteiger charge is -2.35. The van der Waals surface area contributed by atoms with Crippen LogP contribution >= 0.6 is 11.6 Å². The number of amidine groups is 1. The molecule has 31 heavy (non-hydrogen) atoms. The summed E-state index contributed by atoms with van der Waals surface area (Å²) in [6.45, 7) is 1.89. The van der Waals surface area contributed by atoms with Crippen LogP contribution in [0.5, 0.6) is 5.75 Å². The van der Waals surface area contributed by atoms with Gasteiger partial charge in [0.15, 0.2) is 0 Å². The molecule has 5 N–H and O–H groups in total. The number of hydrogen-bond acceptors (Lipinski definition) is 6. The molecule has 8 heteroatoms. The van der Waals surface area contributed by atoms with E-state index >= 15 is 0 Å². The smallest absolute Gasteiger partial charge is 0.216 e. The Kier molecular flexibility index (Phi) is 4.89. The topological polar surface area (TPSA) is 90.7 Å². The highest BCUT2D eigenvalue weighted by Gasteiger charge is 2.37. The molecule has 3 aromatic rings. The van der Waals surface area contributed by atoms with E-state index in [4.69, 9.17) is 27.1 Å². The van der Waals surface area contributed by atoms with Gasteiger partial charge in [-0.15, -0.1) is 0 Å². The molecule has 2 aromatic carbocycles. The number of H-pyrrole nitrogens is 1. The maximum Gasteiger partial charge on any atom is 0.216 e. The lowest BCUT2D eigenvalue weighted by molar-refractivity contribution is 0.310. The van der Waals surface area contributed by atoms with Gasteiger partial charge >= 0.3 is 0 Å². The van der Waals surface area contributed by atoms with Gasteiger partial charge < -0.3 is 25.3 Å². The number of halogens is 1. The van der Waals surface area contributed by atoms with Crippen LogP contribution in [-0.4, -0.2) is 36.4 Å². The first-order valence-electron chi connectivity index (χ1n) is 10.2. The van der Waals surface area contributed by atoms with E-state index in [0.29, 0.717) is 16.6 Å². The average molecular weight is 437 g/mol. The van der Waals surface area contributed by atoms with E-state index in [1.165, 1.54) is 11.1 Å². The number of hydrogen-bond donors (Lipinski definition) is 4. The number of aliphatic imine (C=N–C) groups is 1. The van der Waals surface area contributed by atoms with E-state index in [1.807, 2.05) is 36.5 Å². The van der Waals surface area contributed by atoms with E-state index < -0.39 is 5.79 Å². The number of likely N-dealkylation sites (N-methyl/N-ethyl adjacent to an activating group) is 1. The maximum absolute atomic E-state index is 6.90. The van der Waals surface area contributed by atoms with Crippen LogP contribution in [0.1, 0.15) is 22.3 Å². The van der Waals surface area contributed by atoms with Crippen molar-refractivity contribution in [2.75, 3.05) is 31.3 Å². The molecular weight excluding hydrogens is 412 g/mol. The van der Waals surface area contributed by atoms with Crippen molar-refractivity contribution >= 4 is 28.9 Å². The molecule has 0 saturated heterocycles. The fourth-order valence-electron chi connectivity index (χ4n) is 4.23. The van der Waals surface area contributed by atoms with Crippen molar-refractivity contribution in [3.8, 4) is 5.75 Å². The first-order valence-corrected chi connectivity index (χ1v) is 10.6. The first kappa shape index (κ1) is 19.9. The number of fused-ring (bicyclic) bond motifs is 2. The van der Waals surface area contributed by atoms with Gasteiger partial charge in [0.25, 0.3) is 0 Å². The second-order valence-electron chi connectivity index (χ2n) is 8.03. The van der Waals surface area contributed by atoms with Crippen LogP contribution in [0.25, 0.3) is 0 Å². The molecule has 1 atom stereocenters. The zero-order chi connectivity index (χ0) is 21.6. The lowest BCUT2D eigenvalue weighted by Crippen LogP contribution is -2.47. The van der Waals surface area contributed by atoms with E-state index in [0.717, 1.165) is 42.1 Å². The Bertz CT molecular complexity index is 1170. The van der Waals surface area contributed by atoms with Crippen LogP contribution in [0.15, 0.2) is 53.7 Å². The second-order valence-corrected chi connectivity index (χ2v) is 8.44. The number of rotatable bonds is 3. The molecule has 0 amide bonds. The largest absolute Gasteiger partial charge is 0.496 e. The molecule has 160 valence electrons. The normalized spacial score (nSPS) is 20.3. The minimum Gasteiger partial charge on any atom is -0.496 e. The van der Waals surface area contributed by atoms with Crippen molar-refractivity contribution in [3.63, 3.8) is 0 Å². The van der Waals surface area contributed by atoms with Crippen LogP contribution < -0.4 is 21.1 Å². The van der Waals surface area contributed by atoms with Gasteiger partial charge in [0.05, 0.1) is 28.9 Å². The quantitative estimate of drug-likeness (QED) is 0.502. The number of nitrogens with two attached hydrogens (primary N) is 1. The fraction of sp³-hybridized carbons (Fsp3) is 0.261. The highest BCUT2D eigenvalue weighted by Crippen LogP contribution is 2.38. The molecule has 0 spiro atoms. The van der Waals surface area contributed by atoms with Gasteiger partial charge in [0.2, 0.25) is 5.79 Å². The van der Waals surface area contributed by atoms with Gasteiger partial charge in [-0.2, -0.15) is 0 Å². The zero-order valence-electron chi connectivity index (χ0n) is 17.5. The predicted molar refractivity (Wildman–Crippen MR) is 125 cm³/mol. The van der Waals surface area contributed by atoms with Gasteiger partial charge in [0, 0.05) is 19.3 Å². The molecule has 0 saturated carbocycles. The van der Waals surface area contributed by atoms with E-state index in [-0.39, 0.29) is 0 Å². The summed E-state index contributed by atoms with van der Waals surface area (Å²) in [5.74, 6) is 0.901. The lowest BCUT2D eigenvalue weighted by atomic mass is 9.93. The van der Waals surface area contributed by atoms with Crippen LogP contribution in [0.4, 0.5) is 11.5 Å².